The van der Waals surface area contributed by atoms with E-state index in [1.807, 2.05) is 0 Å². The van der Waals surface area contributed by atoms with Gasteiger partial charge in [0.2, 0.25) is 10.0 Å². The fourth-order valence-electron chi connectivity index (χ4n) is 2.24. The molecule has 0 aromatic heterocycles. The van der Waals surface area contributed by atoms with Gasteiger partial charge in [-0.1, -0.05) is 0 Å². The lowest BCUT2D eigenvalue weighted by Gasteiger charge is -2.21. The highest BCUT2D eigenvalue weighted by Gasteiger charge is 2.39. The molecule has 0 aliphatic carbocycles. The van der Waals surface area contributed by atoms with E-state index in [2.05, 4.69) is 4.74 Å². The lowest BCUT2D eigenvalue weighted by atomic mass is 10.2. The summed E-state index contributed by atoms with van der Waals surface area (Å²) in [5.41, 5.74) is 0. The van der Waals surface area contributed by atoms with Gasteiger partial charge in [-0.25, -0.2) is 12.8 Å². The summed E-state index contributed by atoms with van der Waals surface area (Å²) in [5.74, 6) is -3.35. The van der Waals surface area contributed by atoms with E-state index < -0.39 is 45.1 Å². The van der Waals surface area contributed by atoms with Gasteiger partial charge in [0.25, 0.3) is 0 Å². The van der Waals surface area contributed by atoms with E-state index in [0.717, 1.165) is 16.4 Å². The third-order valence-electron chi connectivity index (χ3n) is 3.21. The number of sulfonamides is 1. The number of alkyl halides is 2. The largest absolute Gasteiger partial charge is 0.480 e. The maximum Gasteiger partial charge on any atom is 0.387 e. The molecule has 122 valence electrons. The molecule has 1 unspecified atom stereocenters. The number of carbonyl (C=O) groups is 1. The van der Waals surface area contributed by atoms with Gasteiger partial charge in [0.15, 0.2) is 11.6 Å². The maximum absolute atomic E-state index is 13.6. The number of aliphatic carboxylic acids is 1. The summed E-state index contributed by atoms with van der Waals surface area (Å²) in [4.78, 5) is 10.5. The van der Waals surface area contributed by atoms with Crippen molar-refractivity contribution in [3.8, 4) is 5.75 Å². The molecule has 1 heterocycles. The quantitative estimate of drug-likeness (QED) is 0.882. The molecule has 1 saturated heterocycles. The number of halogens is 3. The Hall–Kier alpha value is -1.81. The molecule has 2 rings (SSSR count). The second kappa shape index (κ2) is 6.13. The first-order valence-corrected chi connectivity index (χ1v) is 7.66. The van der Waals surface area contributed by atoms with Crippen molar-refractivity contribution in [2.45, 2.75) is 30.4 Å². The Morgan fingerprint density at radius 3 is 2.64 bits per heavy atom. The normalized spacial score (nSPS) is 19.5. The van der Waals surface area contributed by atoms with Crippen LogP contribution < -0.4 is 4.74 Å². The third kappa shape index (κ3) is 3.17. The molecule has 1 aliphatic rings. The summed E-state index contributed by atoms with van der Waals surface area (Å²) >= 11 is 0. The van der Waals surface area contributed by atoms with Crippen LogP contribution in [0.4, 0.5) is 13.2 Å². The number of carboxylic acid groups (broad SMARTS) is 1. The standard InChI is InChI=1S/C12H12F3NO5S/c13-8-6-7(3-4-10(8)21-12(14)15)22(19,20)16-5-1-2-9(16)11(17)18/h3-4,6,9,12H,1-2,5H2,(H,17,18). The minimum atomic E-state index is -4.23. The van der Waals surface area contributed by atoms with E-state index in [4.69, 9.17) is 5.11 Å². The summed E-state index contributed by atoms with van der Waals surface area (Å²) in [7, 11) is -4.23. The van der Waals surface area contributed by atoms with E-state index in [1.165, 1.54) is 0 Å². The fraction of sp³-hybridized carbons (Fsp3) is 0.417. The number of ether oxygens (including phenoxy) is 1. The van der Waals surface area contributed by atoms with Crippen LogP contribution in [0.5, 0.6) is 5.75 Å². The highest BCUT2D eigenvalue weighted by molar-refractivity contribution is 7.89. The number of nitrogens with zero attached hydrogens (tertiary/aromatic N) is 1. The van der Waals surface area contributed by atoms with Crippen LogP contribution in [0.2, 0.25) is 0 Å². The van der Waals surface area contributed by atoms with Gasteiger partial charge in [-0.3, -0.25) is 4.79 Å². The molecule has 0 bridgehead atoms. The second-order valence-electron chi connectivity index (χ2n) is 4.58. The van der Waals surface area contributed by atoms with Crippen LogP contribution in [0, 0.1) is 5.82 Å². The van der Waals surface area contributed by atoms with Gasteiger partial charge in [0, 0.05) is 6.54 Å². The van der Waals surface area contributed by atoms with Crippen molar-refractivity contribution in [1.82, 2.24) is 4.31 Å². The minimum absolute atomic E-state index is 0.00377. The van der Waals surface area contributed by atoms with Crippen LogP contribution in [-0.4, -0.2) is 43.0 Å². The topological polar surface area (TPSA) is 83.9 Å². The zero-order chi connectivity index (χ0) is 16.5. The van der Waals surface area contributed by atoms with Gasteiger partial charge in [-0.05, 0) is 31.0 Å². The van der Waals surface area contributed by atoms with Crippen molar-refractivity contribution in [3.63, 3.8) is 0 Å². The van der Waals surface area contributed by atoms with Crippen LogP contribution in [0.1, 0.15) is 12.8 Å². The summed E-state index contributed by atoms with van der Waals surface area (Å²) in [5, 5.41) is 9.01. The van der Waals surface area contributed by atoms with Crippen LogP contribution in [0.25, 0.3) is 0 Å². The van der Waals surface area contributed by atoms with Crippen LogP contribution in [0.15, 0.2) is 23.1 Å². The molecule has 22 heavy (non-hydrogen) atoms. The zero-order valence-corrected chi connectivity index (χ0v) is 11.9. The summed E-state index contributed by atoms with van der Waals surface area (Å²) in [6, 6.07) is 0.975. The molecule has 1 fully saturated rings. The van der Waals surface area contributed by atoms with Crippen LogP contribution >= 0.6 is 0 Å². The number of hydrogen-bond acceptors (Lipinski definition) is 4. The Labute approximate surface area is 124 Å². The molecule has 1 atom stereocenters. The van der Waals surface area contributed by atoms with Crippen molar-refractivity contribution in [3.05, 3.63) is 24.0 Å². The average molecular weight is 339 g/mol. The summed E-state index contributed by atoms with van der Waals surface area (Å²) in [6.45, 7) is -3.25. The predicted molar refractivity (Wildman–Crippen MR) is 67.6 cm³/mol. The summed E-state index contributed by atoms with van der Waals surface area (Å²) < 4.78 is 67.0. The van der Waals surface area contributed by atoms with Crippen LogP contribution in [-0.2, 0) is 14.8 Å². The SMILES string of the molecule is O=C(O)C1CCCN1S(=O)(=O)c1ccc(OC(F)F)c(F)c1. The second-order valence-corrected chi connectivity index (χ2v) is 6.47. The van der Waals surface area contributed by atoms with E-state index >= 15 is 0 Å². The van der Waals surface area contributed by atoms with E-state index in [9.17, 15) is 26.4 Å². The zero-order valence-electron chi connectivity index (χ0n) is 11.1. The van der Waals surface area contributed by atoms with Crippen molar-refractivity contribution < 1.29 is 36.2 Å². The van der Waals surface area contributed by atoms with Gasteiger partial charge >= 0.3 is 12.6 Å². The van der Waals surface area contributed by atoms with E-state index in [1.54, 1.807) is 0 Å². The van der Waals surface area contributed by atoms with Gasteiger partial charge < -0.3 is 9.84 Å². The number of carboxylic acids is 1. The number of hydrogen-bond donors (Lipinski definition) is 1. The Bertz CT molecular complexity index is 679. The van der Waals surface area contributed by atoms with Crippen LogP contribution in [0.3, 0.4) is 0 Å². The molecule has 6 nitrogen and oxygen atoms in total. The Morgan fingerprint density at radius 2 is 2.09 bits per heavy atom. The minimum Gasteiger partial charge on any atom is -0.480 e. The van der Waals surface area contributed by atoms with Crippen molar-refractivity contribution in [1.29, 1.82) is 0 Å². The molecule has 0 radical (unpaired) electrons. The first-order chi connectivity index (χ1) is 10.2. The average Bonchev–Trinajstić information content (AvgIpc) is 2.90. The molecule has 0 amide bonds. The Morgan fingerprint density at radius 1 is 1.41 bits per heavy atom. The molecule has 1 aliphatic heterocycles. The first-order valence-electron chi connectivity index (χ1n) is 6.22. The van der Waals surface area contributed by atoms with Gasteiger partial charge in [0.05, 0.1) is 4.90 Å². The third-order valence-corrected chi connectivity index (χ3v) is 5.12. The van der Waals surface area contributed by atoms with Crippen molar-refractivity contribution in [2.24, 2.45) is 0 Å². The monoisotopic (exact) mass is 339 g/mol. The van der Waals surface area contributed by atoms with Gasteiger partial charge in [0.1, 0.15) is 6.04 Å². The Kier molecular flexibility index (Phi) is 4.61. The van der Waals surface area contributed by atoms with Gasteiger partial charge in [-0.2, -0.15) is 13.1 Å². The Balaban J connectivity index is 2.34. The predicted octanol–water partition coefficient (Wildman–Crippen LogP) is 1.66. The maximum atomic E-state index is 13.6. The van der Waals surface area contributed by atoms with Gasteiger partial charge in [-0.15, -0.1) is 0 Å². The van der Waals surface area contributed by atoms with Crippen molar-refractivity contribution >= 4 is 16.0 Å². The molecule has 0 saturated carbocycles. The van der Waals surface area contributed by atoms with E-state index in [0.29, 0.717) is 12.5 Å². The highest BCUT2D eigenvalue weighted by atomic mass is 32.2. The lowest BCUT2D eigenvalue weighted by molar-refractivity contribution is -0.140. The first kappa shape index (κ1) is 16.6. The lowest BCUT2D eigenvalue weighted by Crippen LogP contribution is -2.40. The number of rotatable bonds is 5. The highest BCUT2D eigenvalue weighted by Crippen LogP contribution is 2.29. The molecule has 1 aromatic carbocycles. The smallest absolute Gasteiger partial charge is 0.387 e. The summed E-state index contributed by atoms with van der Waals surface area (Å²) in [6.07, 6.45) is 0.523. The van der Waals surface area contributed by atoms with Crippen molar-refractivity contribution in [2.75, 3.05) is 6.54 Å². The number of benzene rings is 1. The van der Waals surface area contributed by atoms with E-state index in [-0.39, 0.29) is 13.0 Å². The molecular weight excluding hydrogens is 327 g/mol. The fourth-order valence-corrected chi connectivity index (χ4v) is 3.91. The molecule has 1 aromatic rings. The molecule has 1 N–H and O–H groups in total. The molecule has 10 heteroatoms. The molecular formula is C12H12F3NO5S. The molecule has 0 spiro atoms.